The van der Waals surface area contributed by atoms with Gasteiger partial charge < -0.3 is 9.72 Å². The van der Waals surface area contributed by atoms with Crippen LogP contribution in [0.5, 0.6) is 0 Å². The average molecular weight is 344 g/mol. The molecule has 0 aliphatic rings. The van der Waals surface area contributed by atoms with Gasteiger partial charge in [0.1, 0.15) is 6.61 Å². The molecule has 0 amide bonds. The molecule has 1 N–H and O–H groups in total. The van der Waals surface area contributed by atoms with Gasteiger partial charge in [0.05, 0.1) is 6.42 Å². The van der Waals surface area contributed by atoms with Crippen LogP contribution in [0.2, 0.25) is 0 Å². The molecule has 0 aliphatic carbocycles. The number of hydrogen-bond acceptors (Lipinski definition) is 2. The molecule has 3 rings (SSSR count). The van der Waals surface area contributed by atoms with E-state index in [2.05, 4.69) is 20.9 Å². The summed E-state index contributed by atoms with van der Waals surface area (Å²) in [6.45, 7) is 0.292. The maximum atomic E-state index is 12.0. The Balaban J connectivity index is 1.64. The molecule has 21 heavy (non-hydrogen) atoms. The standard InChI is InChI=1S/C17H14BrNO2/c18-14-5-3-4-12(8-14)11-21-17(20)9-13-10-19-16-7-2-1-6-15(13)16/h1-8,10,19H,9,11H2. The van der Waals surface area contributed by atoms with Gasteiger partial charge in [0, 0.05) is 21.6 Å². The molecular formula is C17H14BrNO2. The highest BCUT2D eigenvalue weighted by molar-refractivity contribution is 9.10. The third-order valence-electron chi connectivity index (χ3n) is 3.30. The van der Waals surface area contributed by atoms with Crippen molar-refractivity contribution in [1.82, 2.24) is 4.98 Å². The SMILES string of the molecule is O=C(Cc1c[nH]c2ccccc12)OCc1cccc(Br)c1. The first-order valence-corrected chi connectivity index (χ1v) is 7.47. The average Bonchev–Trinajstić information content (AvgIpc) is 2.89. The first-order chi connectivity index (χ1) is 10.2. The zero-order valence-electron chi connectivity index (χ0n) is 11.3. The molecule has 0 aliphatic heterocycles. The van der Waals surface area contributed by atoms with E-state index < -0.39 is 0 Å². The zero-order chi connectivity index (χ0) is 14.7. The van der Waals surface area contributed by atoms with Crippen molar-refractivity contribution >= 4 is 32.8 Å². The number of carbonyl (C=O) groups excluding carboxylic acids is 1. The number of hydrogen-bond donors (Lipinski definition) is 1. The third kappa shape index (κ3) is 3.34. The Morgan fingerprint density at radius 3 is 2.86 bits per heavy atom. The summed E-state index contributed by atoms with van der Waals surface area (Å²) in [6, 6.07) is 15.7. The summed E-state index contributed by atoms with van der Waals surface area (Å²) in [5, 5.41) is 1.07. The predicted molar refractivity (Wildman–Crippen MR) is 85.9 cm³/mol. The van der Waals surface area contributed by atoms with E-state index in [-0.39, 0.29) is 12.4 Å². The Morgan fingerprint density at radius 2 is 2.00 bits per heavy atom. The van der Waals surface area contributed by atoms with Gasteiger partial charge in [-0.1, -0.05) is 46.3 Å². The van der Waals surface area contributed by atoms with Gasteiger partial charge in [0.25, 0.3) is 0 Å². The van der Waals surface area contributed by atoms with Crippen LogP contribution in [-0.4, -0.2) is 11.0 Å². The lowest BCUT2D eigenvalue weighted by Gasteiger charge is -2.05. The van der Waals surface area contributed by atoms with Crippen LogP contribution >= 0.6 is 15.9 Å². The second kappa shape index (κ2) is 6.14. The number of benzene rings is 2. The zero-order valence-corrected chi connectivity index (χ0v) is 12.9. The molecular weight excluding hydrogens is 330 g/mol. The van der Waals surface area contributed by atoms with Crippen LogP contribution in [0.1, 0.15) is 11.1 Å². The van der Waals surface area contributed by atoms with Crippen molar-refractivity contribution in [3.63, 3.8) is 0 Å². The lowest BCUT2D eigenvalue weighted by Crippen LogP contribution is -2.07. The summed E-state index contributed by atoms with van der Waals surface area (Å²) in [5.74, 6) is -0.222. The molecule has 0 bridgehead atoms. The number of aromatic nitrogens is 1. The second-order valence-electron chi connectivity index (χ2n) is 4.83. The number of carbonyl (C=O) groups is 1. The van der Waals surface area contributed by atoms with Gasteiger partial charge in [-0.25, -0.2) is 0 Å². The minimum absolute atomic E-state index is 0.222. The van der Waals surface area contributed by atoms with Gasteiger partial charge in [-0.15, -0.1) is 0 Å². The molecule has 0 fully saturated rings. The molecule has 4 heteroatoms. The summed E-state index contributed by atoms with van der Waals surface area (Å²) >= 11 is 3.40. The van der Waals surface area contributed by atoms with Gasteiger partial charge >= 0.3 is 5.97 Å². The van der Waals surface area contributed by atoms with E-state index in [1.165, 1.54) is 0 Å². The van der Waals surface area contributed by atoms with Crippen molar-refractivity contribution in [3.8, 4) is 0 Å². The number of ether oxygens (including phenoxy) is 1. The van der Waals surface area contributed by atoms with Crippen molar-refractivity contribution < 1.29 is 9.53 Å². The van der Waals surface area contributed by atoms with E-state index in [1.54, 1.807) is 0 Å². The maximum Gasteiger partial charge on any atom is 0.310 e. The van der Waals surface area contributed by atoms with E-state index in [0.717, 1.165) is 26.5 Å². The van der Waals surface area contributed by atoms with Gasteiger partial charge in [0.2, 0.25) is 0 Å². The van der Waals surface area contributed by atoms with Crippen molar-refractivity contribution in [2.45, 2.75) is 13.0 Å². The number of nitrogens with one attached hydrogen (secondary N) is 1. The molecule has 0 unspecified atom stereocenters. The van der Waals surface area contributed by atoms with Crippen LogP contribution < -0.4 is 0 Å². The largest absolute Gasteiger partial charge is 0.461 e. The molecule has 0 spiro atoms. The highest BCUT2D eigenvalue weighted by Crippen LogP contribution is 2.19. The molecule has 1 heterocycles. The Hall–Kier alpha value is -2.07. The van der Waals surface area contributed by atoms with Gasteiger partial charge in [0.15, 0.2) is 0 Å². The van der Waals surface area contributed by atoms with Gasteiger partial charge in [-0.2, -0.15) is 0 Å². The van der Waals surface area contributed by atoms with Crippen LogP contribution in [0.3, 0.4) is 0 Å². The van der Waals surface area contributed by atoms with E-state index in [1.807, 2.05) is 54.7 Å². The lowest BCUT2D eigenvalue weighted by atomic mass is 10.1. The van der Waals surface area contributed by atoms with Crippen molar-refractivity contribution in [2.24, 2.45) is 0 Å². The second-order valence-corrected chi connectivity index (χ2v) is 5.74. The molecule has 2 aromatic carbocycles. The van der Waals surface area contributed by atoms with Crippen molar-refractivity contribution in [3.05, 3.63) is 70.3 Å². The molecule has 106 valence electrons. The normalized spacial score (nSPS) is 10.7. The minimum Gasteiger partial charge on any atom is -0.461 e. The molecule has 3 aromatic rings. The molecule has 0 radical (unpaired) electrons. The molecule has 1 aromatic heterocycles. The highest BCUT2D eigenvalue weighted by atomic mass is 79.9. The monoisotopic (exact) mass is 343 g/mol. The summed E-state index contributed by atoms with van der Waals surface area (Å²) in [6.07, 6.45) is 2.14. The van der Waals surface area contributed by atoms with Crippen molar-refractivity contribution in [1.29, 1.82) is 0 Å². The fourth-order valence-corrected chi connectivity index (χ4v) is 2.72. The van der Waals surface area contributed by atoms with Crippen LogP contribution in [0.4, 0.5) is 0 Å². The molecule has 0 atom stereocenters. The topological polar surface area (TPSA) is 42.1 Å². The maximum absolute atomic E-state index is 12.0. The summed E-state index contributed by atoms with van der Waals surface area (Å²) in [5.41, 5.74) is 2.97. The van der Waals surface area contributed by atoms with Crippen molar-refractivity contribution in [2.75, 3.05) is 0 Å². The smallest absolute Gasteiger partial charge is 0.310 e. The number of esters is 1. The first-order valence-electron chi connectivity index (χ1n) is 6.67. The van der Waals surface area contributed by atoms with Gasteiger partial charge in [-0.05, 0) is 29.3 Å². The summed E-state index contributed by atoms with van der Waals surface area (Å²) < 4.78 is 6.31. The van der Waals surface area contributed by atoms with E-state index in [9.17, 15) is 4.79 Å². The number of para-hydroxylation sites is 1. The number of fused-ring (bicyclic) bond motifs is 1. The quantitative estimate of drug-likeness (QED) is 0.720. The fraction of sp³-hybridized carbons (Fsp3) is 0.118. The Morgan fingerprint density at radius 1 is 1.14 bits per heavy atom. The lowest BCUT2D eigenvalue weighted by molar-refractivity contribution is -0.144. The highest BCUT2D eigenvalue weighted by Gasteiger charge is 2.09. The van der Waals surface area contributed by atoms with Crippen LogP contribution in [0.15, 0.2) is 59.2 Å². The van der Waals surface area contributed by atoms with E-state index in [0.29, 0.717) is 6.61 Å². The fourth-order valence-electron chi connectivity index (χ4n) is 2.27. The number of H-pyrrole nitrogens is 1. The molecule has 0 saturated heterocycles. The van der Waals surface area contributed by atoms with E-state index >= 15 is 0 Å². The first kappa shape index (κ1) is 13.9. The third-order valence-corrected chi connectivity index (χ3v) is 3.79. The number of rotatable bonds is 4. The molecule has 3 nitrogen and oxygen atoms in total. The Labute approximate surface area is 131 Å². The van der Waals surface area contributed by atoms with E-state index in [4.69, 9.17) is 4.74 Å². The summed E-state index contributed by atoms with van der Waals surface area (Å²) in [4.78, 5) is 15.1. The number of halogens is 1. The number of aromatic amines is 1. The Kier molecular flexibility index (Phi) is 4.06. The summed E-state index contributed by atoms with van der Waals surface area (Å²) in [7, 11) is 0. The van der Waals surface area contributed by atoms with Crippen LogP contribution in [-0.2, 0) is 22.6 Å². The van der Waals surface area contributed by atoms with Crippen LogP contribution in [0, 0.1) is 0 Å². The molecule has 0 saturated carbocycles. The minimum atomic E-state index is -0.222. The Bertz CT molecular complexity index is 779. The van der Waals surface area contributed by atoms with Crippen LogP contribution in [0.25, 0.3) is 10.9 Å². The van der Waals surface area contributed by atoms with Gasteiger partial charge in [-0.3, -0.25) is 4.79 Å². The predicted octanol–water partition coefficient (Wildman–Crippen LogP) is 4.22.